The third kappa shape index (κ3) is 3.26. The van der Waals surface area contributed by atoms with Gasteiger partial charge in [-0.25, -0.2) is 0 Å². The van der Waals surface area contributed by atoms with Crippen LogP contribution in [-0.2, 0) is 17.8 Å². The van der Waals surface area contributed by atoms with Crippen molar-refractivity contribution in [1.29, 1.82) is 0 Å². The summed E-state index contributed by atoms with van der Waals surface area (Å²) < 4.78 is 0. The van der Waals surface area contributed by atoms with E-state index >= 15 is 0 Å². The fourth-order valence-electron chi connectivity index (χ4n) is 2.57. The summed E-state index contributed by atoms with van der Waals surface area (Å²) in [5, 5.41) is 9.51. The second-order valence-electron chi connectivity index (χ2n) is 5.70. The van der Waals surface area contributed by atoms with E-state index in [9.17, 15) is 9.90 Å². The van der Waals surface area contributed by atoms with E-state index in [1.54, 1.807) is 17.0 Å². The van der Waals surface area contributed by atoms with Gasteiger partial charge in [0.2, 0.25) is 5.91 Å². The van der Waals surface area contributed by atoms with Crippen molar-refractivity contribution in [2.75, 3.05) is 6.54 Å². The van der Waals surface area contributed by atoms with Crippen molar-refractivity contribution in [3.8, 4) is 5.75 Å². The zero-order chi connectivity index (χ0) is 14.0. The summed E-state index contributed by atoms with van der Waals surface area (Å²) in [6.07, 6.45) is 1.54. The number of nitrogens with zero attached hydrogens (tertiary/aromatic N) is 1. The van der Waals surface area contributed by atoms with E-state index in [0.29, 0.717) is 25.4 Å². The Kier molecular flexibility index (Phi) is 4.10. The van der Waals surface area contributed by atoms with E-state index in [1.807, 2.05) is 6.07 Å². The van der Waals surface area contributed by atoms with Gasteiger partial charge < -0.3 is 15.7 Å². The van der Waals surface area contributed by atoms with Crippen LogP contribution in [0.15, 0.2) is 18.2 Å². The lowest BCUT2D eigenvalue weighted by molar-refractivity contribution is -0.133. The number of hydrogen-bond donors (Lipinski definition) is 2. The van der Waals surface area contributed by atoms with Gasteiger partial charge in [-0.3, -0.25) is 4.79 Å². The van der Waals surface area contributed by atoms with Gasteiger partial charge in [-0.05, 0) is 42.0 Å². The number of rotatable bonds is 3. The van der Waals surface area contributed by atoms with Crippen LogP contribution in [0.4, 0.5) is 0 Å². The minimum Gasteiger partial charge on any atom is -0.508 e. The summed E-state index contributed by atoms with van der Waals surface area (Å²) in [5.41, 5.74) is 8.19. The summed E-state index contributed by atoms with van der Waals surface area (Å²) >= 11 is 0. The van der Waals surface area contributed by atoms with Crippen LogP contribution in [0, 0.1) is 5.92 Å². The molecule has 0 aromatic heterocycles. The lowest BCUT2D eigenvalue weighted by Crippen LogP contribution is -2.46. The molecule has 0 radical (unpaired) electrons. The fraction of sp³-hybridized carbons (Fsp3) is 0.533. The molecular weight excluding hydrogens is 240 g/mol. The maximum Gasteiger partial charge on any atom is 0.239 e. The molecule has 0 spiro atoms. The summed E-state index contributed by atoms with van der Waals surface area (Å²) in [6.45, 7) is 5.39. The number of aromatic hydroxyl groups is 1. The third-order valence-electron chi connectivity index (χ3n) is 3.56. The first kappa shape index (κ1) is 13.9. The molecular formula is C15H22N2O2. The van der Waals surface area contributed by atoms with Crippen molar-refractivity contribution in [1.82, 2.24) is 4.90 Å². The molecule has 4 nitrogen and oxygen atoms in total. The van der Waals surface area contributed by atoms with E-state index in [-0.39, 0.29) is 11.7 Å². The van der Waals surface area contributed by atoms with Gasteiger partial charge in [-0.15, -0.1) is 0 Å². The second-order valence-corrected chi connectivity index (χ2v) is 5.70. The van der Waals surface area contributed by atoms with Crippen molar-refractivity contribution < 1.29 is 9.90 Å². The molecule has 0 aliphatic carbocycles. The summed E-state index contributed by atoms with van der Waals surface area (Å²) in [6, 6.07) is 4.95. The van der Waals surface area contributed by atoms with Crippen molar-refractivity contribution in [2.24, 2.45) is 11.7 Å². The molecule has 104 valence electrons. The molecule has 1 atom stereocenters. The van der Waals surface area contributed by atoms with Crippen LogP contribution < -0.4 is 5.73 Å². The minimum absolute atomic E-state index is 0.0164. The van der Waals surface area contributed by atoms with Gasteiger partial charge >= 0.3 is 0 Å². The molecule has 0 fully saturated rings. The summed E-state index contributed by atoms with van der Waals surface area (Å²) in [5.74, 6) is 0.683. The highest BCUT2D eigenvalue weighted by molar-refractivity contribution is 5.82. The number of phenolic OH excluding ortho intramolecular Hbond substituents is 1. The number of hydrogen-bond acceptors (Lipinski definition) is 3. The number of carbonyl (C=O) groups excluding carboxylic acids is 1. The molecule has 1 aliphatic heterocycles. The second kappa shape index (κ2) is 5.61. The van der Waals surface area contributed by atoms with E-state index in [4.69, 9.17) is 5.73 Å². The molecule has 1 heterocycles. The Balaban J connectivity index is 2.06. The van der Waals surface area contributed by atoms with Crippen LogP contribution in [0.5, 0.6) is 5.75 Å². The number of carbonyl (C=O) groups is 1. The smallest absolute Gasteiger partial charge is 0.239 e. The van der Waals surface area contributed by atoms with Crippen LogP contribution in [0.25, 0.3) is 0 Å². The zero-order valence-corrected chi connectivity index (χ0v) is 11.6. The number of amides is 1. The predicted octanol–water partition coefficient (Wildman–Crippen LogP) is 1.65. The summed E-state index contributed by atoms with van der Waals surface area (Å²) in [4.78, 5) is 14.1. The fourth-order valence-corrected chi connectivity index (χ4v) is 2.57. The standard InChI is InChI=1S/C15H22N2O2/c1-10(2)7-14(16)15(19)17-6-5-11-3-4-13(18)8-12(11)9-17/h3-4,8,10,14,18H,5-7,9,16H2,1-2H3. The molecule has 1 amide bonds. The predicted molar refractivity (Wildman–Crippen MR) is 74.7 cm³/mol. The molecule has 3 N–H and O–H groups in total. The molecule has 2 rings (SSSR count). The van der Waals surface area contributed by atoms with Crippen molar-refractivity contribution in [3.63, 3.8) is 0 Å². The molecule has 0 saturated carbocycles. The Labute approximate surface area is 114 Å². The quantitative estimate of drug-likeness (QED) is 0.870. The number of phenols is 1. The molecule has 0 saturated heterocycles. The first-order valence-corrected chi connectivity index (χ1v) is 6.82. The number of fused-ring (bicyclic) bond motifs is 1. The Bertz CT molecular complexity index is 471. The van der Waals surface area contributed by atoms with Crippen LogP contribution in [0.1, 0.15) is 31.4 Å². The molecule has 1 aromatic rings. The zero-order valence-electron chi connectivity index (χ0n) is 11.6. The lowest BCUT2D eigenvalue weighted by Gasteiger charge is -2.31. The molecule has 0 bridgehead atoms. The largest absolute Gasteiger partial charge is 0.508 e. The summed E-state index contributed by atoms with van der Waals surface area (Å²) in [7, 11) is 0. The van der Waals surface area contributed by atoms with Crippen LogP contribution >= 0.6 is 0 Å². The third-order valence-corrected chi connectivity index (χ3v) is 3.56. The van der Waals surface area contributed by atoms with Gasteiger partial charge in [-0.2, -0.15) is 0 Å². The first-order valence-electron chi connectivity index (χ1n) is 6.82. The van der Waals surface area contributed by atoms with Gasteiger partial charge in [0, 0.05) is 13.1 Å². The first-order chi connectivity index (χ1) is 8.97. The Morgan fingerprint density at radius 3 is 2.84 bits per heavy atom. The van der Waals surface area contributed by atoms with Gasteiger partial charge in [0.05, 0.1) is 6.04 Å². The monoisotopic (exact) mass is 262 g/mol. The van der Waals surface area contributed by atoms with Gasteiger partial charge in [0.1, 0.15) is 5.75 Å². The minimum atomic E-state index is -0.418. The maximum atomic E-state index is 12.3. The molecule has 4 heteroatoms. The van der Waals surface area contributed by atoms with E-state index in [0.717, 1.165) is 12.0 Å². The number of nitrogens with two attached hydrogens (primary N) is 1. The number of benzene rings is 1. The molecule has 1 aliphatic rings. The van der Waals surface area contributed by atoms with E-state index < -0.39 is 6.04 Å². The molecule has 19 heavy (non-hydrogen) atoms. The molecule has 1 aromatic carbocycles. The van der Waals surface area contributed by atoms with Gasteiger partial charge in [-0.1, -0.05) is 19.9 Å². The topological polar surface area (TPSA) is 66.6 Å². The Morgan fingerprint density at radius 1 is 1.42 bits per heavy atom. The van der Waals surface area contributed by atoms with Crippen LogP contribution in [-0.4, -0.2) is 28.5 Å². The SMILES string of the molecule is CC(C)CC(N)C(=O)N1CCc2ccc(O)cc2C1. The van der Waals surface area contributed by atoms with Crippen LogP contribution in [0.2, 0.25) is 0 Å². The average Bonchev–Trinajstić information content (AvgIpc) is 2.36. The highest BCUT2D eigenvalue weighted by Gasteiger charge is 2.25. The van der Waals surface area contributed by atoms with Crippen molar-refractivity contribution in [3.05, 3.63) is 29.3 Å². The van der Waals surface area contributed by atoms with E-state index in [2.05, 4.69) is 13.8 Å². The molecule has 1 unspecified atom stereocenters. The lowest BCUT2D eigenvalue weighted by atomic mass is 9.97. The van der Waals surface area contributed by atoms with E-state index in [1.165, 1.54) is 5.56 Å². The van der Waals surface area contributed by atoms with Crippen LogP contribution in [0.3, 0.4) is 0 Å². The van der Waals surface area contributed by atoms with Crippen molar-refractivity contribution >= 4 is 5.91 Å². The Hall–Kier alpha value is -1.55. The van der Waals surface area contributed by atoms with Crippen molar-refractivity contribution in [2.45, 2.75) is 39.3 Å². The van der Waals surface area contributed by atoms with Gasteiger partial charge in [0.25, 0.3) is 0 Å². The maximum absolute atomic E-state index is 12.3. The normalized spacial score (nSPS) is 16.3. The Morgan fingerprint density at radius 2 is 2.16 bits per heavy atom. The average molecular weight is 262 g/mol. The van der Waals surface area contributed by atoms with Gasteiger partial charge in [0.15, 0.2) is 0 Å². The highest BCUT2D eigenvalue weighted by atomic mass is 16.3. The highest BCUT2D eigenvalue weighted by Crippen LogP contribution is 2.23.